The van der Waals surface area contributed by atoms with Gasteiger partial charge in [0, 0.05) is 0 Å². The van der Waals surface area contributed by atoms with Crippen molar-refractivity contribution in [2.75, 3.05) is 13.2 Å². The van der Waals surface area contributed by atoms with Crippen molar-refractivity contribution in [2.45, 2.75) is 52.5 Å². The summed E-state index contributed by atoms with van der Waals surface area (Å²) in [4.78, 5) is 12.6. The number of benzene rings is 1. The number of hydrogen-bond acceptors (Lipinski definition) is 4. The number of nitriles is 1. The second-order valence-electron chi connectivity index (χ2n) is 6.17. The van der Waals surface area contributed by atoms with Crippen LogP contribution >= 0.6 is 0 Å². The molecule has 1 aliphatic rings. The molecule has 0 saturated heterocycles. The van der Waals surface area contributed by atoms with Crippen LogP contribution in [-0.4, -0.2) is 19.1 Å². The fraction of sp³-hybridized carbons (Fsp3) is 0.579. The average Bonchev–Trinajstić information content (AvgIpc) is 3.07. The van der Waals surface area contributed by atoms with Crippen LogP contribution in [0.1, 0.15) is 58.1 Å². The minimum atomic E-state index is -0.859. The first-order valence-electron chi connectivity index (χ1n) is 8.68. The summed E-state index contributed by atoms with van der Waals surface area (Å²) in [5, 5.41) is 12.4. The minimum Gasteiger partial charge on any atom is -0.490 e. The van der Waals surface area contributed by atoms with Crippen LogP contribution in [0.3, 0.4) is 0 Å². The molecule has 1 N–H and O–H groups in total. The number of nitrogens with zero attached hydrogens (tertiary/aromatic N) is 1. The maximum absolute atomic E-state index is 12.6. The first-order valence-corrected chi connectivity index (χ1v) is 8.68. The summed E-state index contributed by atoms with van der Waals surface area (Å²) in [6.07, 6.45) is 3.17. The summed E-state index contributed by atoms with van der Waals surface area (Å²) in [5.74, 6) is 1.21. The number of amides is 1. The molecule has 5 nitrogen and oxygen atoms in total. The molecule has 1 fully saturated rings. The van der Waals surface area contributed by atoms with E-state index in [0.717, 1.165) is 18.4 Å². The molecular formula is C19H26N2O3. The van der Waals surface area contributed by atoms with Crippen LogP contribution < -0.4 is 14.8 Å². The van der Waals surface area contributed by atoms with Gasteiger partial charge in [0.1, 0.15) is 5.41 Å². The molecule has 1 atom stereocenters. The van der Waals surface area contributed by atoms with Crippen molar-refractivity contribution in [3.05, 3.63) is 23.8 Å². The van der Waals surface area contributed by atoms with Gasteiger partial charge in [-0.3, -0.25) is 4.79 Å². The topological polar surface area (TPSA) is 71.3 Å². The first-order chi connectivity index (χ1) is 11.6. The Labute approximate surface area is 144 Å². The SMILES string of the molecule is CCOc1ccc(C(C)NC(=O)C2(C#N)CCCC2)cc1OCC. The van der Waals surface area contributed by atoms with E-state index in [-0.39, 0.29) is 11.9 Å². The van der Waals surface area contributed by atoms with Gasteiger partial charge in [-0.25, -0.2) is 0 Å². The zero-order chi connectivity index (χ0) is 17.6. The summed E-state index contributed by atoms with van der Waals surface area (Å²) < 4.78 is 11.2. The van der Waals surface area contributed by atoms with Crippen LogP contribution in [0.4, 0.5) is 0 Å². The second-order valence-corrected chi connectivity index (χ2v) is 6.17. The van der Waals surface area contributed by atoms with Gasteiger partial charge in [0.25, 0.3) is 0 Å². The second kappa shape index (κ2) is 8.05. The van der Waals surface area contributed by atoms with E-state index in [1.807, 2.05) is 39.0 Å². The molecule has 0 heterocycles. The zero-order valence-electron chi connectivity index (χ0n) is 14.7. The molecule has 1 amide bonds. The minimum absolute atomic E-state index is 0.165. The molecule has 1 saturated carbocycles. The maximum Gasteiger partial charge on any atom is 0.240 e. The van der Waals surface area contributed by atoms with Crippen molar-refractivity contribution < 1.29 is 14.3 Å². The average molecular weight is 330 g/mol. The quantitative estimate of drug-likeness (QED) is 0.826. The fourth-order valence-electron chi connectivity index (χ4n) is 3.12. The fourth-order valence-corrected chi connectivity index (χ4v) is 3.12. The predicted molar refractivity (Wildman–Crippen MR) is 91.9 cm³/mol. The summed E-state index contributed by atoms with van der Waals surface area (Å²) in [5.41, 5.74) is 0.0729. The summed E-state index contributed by atoms with van der Waals surface area (Å²) in [7, 11) is 0. The van der Waals surface area contributed by atoms with Crippen LogP contribution in [0, 0.1) is 16.7 Å². The number of carbonyl (C=O) groups is 1. The number of hydrogen-bond donors (Lipinski definition) is 1. The molecule has 0 bridgehead atoms. The van der Waals surface area contributed by atoms with Crippen LogP contribution in [0.2, 0.25) is 0 Å². The molecule has 0 aliphatic heterocycles. The van der Waals surface area contributed by atoms with E-state index >= 15 is 0 Å². The van der Waals surface area contributed by atoms with Crippen LogP contribution in [0.5, 0.6) is 11.5 Å². The third-order valence-corrected chi connectivity index (χ3v) is 4.52. The van der Waals surface area contributed by atoms with Crippen molar-refractivity contribution in [2.24, 2.45) is 5.41 Å². The van der Waals surface area contributed by atoms with Gasteiger partial charge in [-0.1, -0.05) is 18.9 Å². The molecule has 2 rings (SSSR count). The number of nitrogens with one attached hydrogen (secondary N) is 1. The normalized spacial score (nSPS) is 16.9. The van der Waals surface area contributed by atoms with Gasteiger partial charge in [0.2, 0.25) is 5.91 Å². The van der Waals surface area contributed by atoms with E-state index in [4.69, 9.17) is 9.47 Å². The molecule has 0 radical (unpaired) electrons. The third kappa shape index (κ3) is 3.81. The molecule has 0 aromatic heterocycles. The molecule has 0 spiro atoms. The van der Waals surface area contributed by atoms with Gasteiger partial charge in [-0.2, -0.15) is 5.26 Å². The van der Waals surface area contributed by atoms with E-state index in [9.17, 15) is 10.1 Å². The van der Waals surface area contributed by atoms with Crippen LogP contribution in [-0.2, 0) is 4.79 Å². The van der Waals surface area contributed by atoms with Crippen molar-refractivity contribution >= 4 is 5.91 Å². The third-order valence-electron chi connectivity index (χ3n) is 4.52. The predicted octanol–water partition coefficient (Wildman–Crippen LogP) is 3.75. The highest BCUT2D eigenvalue weighted by Gasteiger charge is 2.41. The van der Waals surface area contributed by atoms with E-state index in [1.54, 1.807) is 0 Å². The van der Waals surface area contributed by atoms with Crippen molar-refractivity contribution in [3.8, 4) is 17.6 Å². The van der Waals surface area contributed by atoms with E-state index in [1.165, 1.54) is 0 Å². The summed E-state index contributed by atoms with van der Waals surface area (Å²) in [6.45, 7) is 6.88. The number of rotatable bonds is 7. The lowest BCUT2D eigenvalue weighted by Crippen LogP contribution is -2.39. The van der Waals surface area contributed by atoms with Crippen molar-refractivity contribution in [1.82, 2.24) is 5.32 Å². The van der Waals surface area contributed by atoms with Gasteiger partial charge >= 0.3 is 0 Å². The maximum atomic E-state index is 12.6. The lowest BCUT2D eigenvalue weighted by atomic mass is 9.86. The molecular weight excluding hydrogens is 304 g/mol. The van der Waals surface area contributed by atoms with Crippen LogP contribution in [0.15, 0.2) is 18.2 Å². The van der Waals surface area contributed by atoms with Gasteiger partial charge in [0.15, 0.2) is 11.5 Å². The Morgan fingerprint density at radius 2 is 1.88 bits per heavy atom. The lowest BCUT2D eigenvalue weighted by molar-refractivity contribution is -0.128. The van der Waals surface area contributed by atoms with Gasteiger partial charge in [0.05, 0.1) is 25.3 Å². The smallest absolute Gasteiger partial charge is 0.240 e. The largest absolute Gasteiger partial charge is 0.490 e. The highest BCUT2D eigenvalue weighted by atomic mass is 16.5. The Bertz CT molecular complexity index is 616. The van der Waals surface area contributed by atoms with Gasteiger partial charge < -0.3 is 14.8 Å². The first kappa shape index (κ1) is 18.1. The molecule has 1 aromatic carbocycles. The Balaban J connectivity index is 2.14. The van der Waals surface area contributed by atoms with E-state index in [0.29, 0.717) is 37.6 Å². The Hall–Kier alpha value is -2.22. The van der Waals surface area contributed by atoms with Gasteiger partial charge in [-0.05, 0) is 51.3 Å². The zero-order valence-corrected chi connectivity index (χ0v) is 14.7. The van der Waals surface area contributed by atoms with Crippen molar-refractivity contribution in [1.29, 1.82) is 5.26 Å². The van der Waals surface area contributed by atoms with E-state index < -0.39 is 5.41 Å². The monoisotopic (exact) mass is 330 g/mol. The Morgan fingerprint density at radius 3 is 2.46 bits per heavy atom. The standard InChI is InChI=1S/C19H26N2O3/c1-4-23-16-9-8-15(12-17(16)24-5-2)14(3)21-18(22)19(13-20)10-6-7-11-19/h8-9,12,14H,4-7,10-11H2,1-3H3,(H,21,22). The van der Waals surface area contributed by atoms with Gasteiger partial charge in [-0.15, -0.1) is 0 Å². The van der Waals surface area contributed by atoms with Crippen LogP contribution in [0.25, 0.3) is 0 Å². The number of ether oxygens (including phenoxy) is 2. The highest BCUT2D eigenvalue weighted by Crippen LogP contribution is 2.38. The molecule has 1 aliphatic carbocycles. The molecule has 24 heavy (non-hydrogen) atoms. The summed E-state index contributed by atoms with van der Waals surface area (Å²) in [6, 6.07) is 7.72. The molecule has 1 unspecified atom stereocenters. The van der Waals surface area contributed by atoms with E-state index in [2.05, 4.69) is 11.4 Å². The Morgan fingerprint density at radius 1 is 1.25 bits per heavy atom. The number of carbonyl (C=O) groups excluding carboxylic acids is 1. The highest BCUT2D eigenvalue weighted by molar-refractivity contribution is 5.86. The molecule has 5 heteroatoms. The lowest BCUT2D eigenvalue weighted by Gasteiger charge is -2.23. The van der Waals surface area contributed by atoms with Crippen molar-refractivity contribution in [3.63, 3.8) is 0 Å². The molecule has 130 valence electrons. The molecule has 1 aromatic rings. The summed E-state index contributed by atoms with van der Waals surface area (Å²) >= 11 is 0. The Kier molecular flexibility index (Phi) is 6.08.